The van der Waals surface area contributed by atoms with Crippen LogP contribution in [0, 0.1) is 5.82 Å². The minimum Gasteiger partial charge on any atom is -0.378 e. The van der Waals surface area contributed by atoms with Gasteiger partial charge in [-0.3, -0.25) is 9.59 Å². The number of carbonyl (C=O) groups is 3. The van der Waals surface area contributed by atoms with Gasteiger partial charge < -0.3 is 25.2 Å². The highest BCUT2D eigenvalue weighted by Crippen LogP contribution is 2.23. The van der Waals surface area contributed by atoms with Gasteiger partial charge in [-0.1, -0.05) is 0 Å². The van der Waals surface area contributed by atoms with Crippen molar-refractivity contribution >= 4 is 27.9 Å². The Kier molecular flexibility index (Phi) is 7.33. The first-order chi connectivity index (χ1) is 16.3. The molecule has 0 bridgehead atoms. The summed E-state index contributed by atoms with van der Waals surface area (Å²) < 4.78 is 46.4. The number of piperidine rings is 1. The number of urea groups is 1. The SMILES string of the molecule is O=C1NCCCC1NC(=O)C1CN(C(=O)N2CCOCC2)CCN1S(=O)(=O)c1ccc(F)cc1. The predicted octanol–water partition coefficient (Wildman–Crippen LogP) is -0.652. The molecule has 4 rings (SSSR count). The van der Waals surface area contributed by atoms with E-state index in [1.165, 1.54) is 4.90 Å². The van der Waals surface area contributed by atoms with Crippen molar-refractivity contribution in [2.75, 3.05) is 52.5 Å². The minimum atomic E-state index is -4.17. The number of ether oxygens (including phenoxy) is 1. The van der Waals surface area contributed by atoms with Crippen LogP contribution in [0.25, 0.3) is 0 Å². The average molecular weight is 498 g/mol. The molecule has 2 N–H and O–H groups in total. The highest BCUT2D eigenvalue weighted by atomic mass is 32.2. The van der Waals surface area contributed by atoms with Crippen LogP contribution in [-0.4, -0.2) is 105 Å². The van der Waals surface area contributed by atoms with E-state index in [1.807, 2.05) is 0 Å². The standard InChI is InChI=1S/C21H28FN5O6S/c22-15-3-5-16(6-4-15)34(31,32)27-9-8-26(21(30)25-10-12-33-13-11-25)14-18(27)20(29)24-17-2-1-7-23-19(17)28/h3-6,17-18H,1-2,7-14H2,(H,23,28)(H,24,29). The number of amides is 4. The lowest BCUT2D eigenvalue weighted by molar-refractivity contribution is -0.132. The Morgan fingerprint density at radius 2 is 1.76 bits per heavy atom. The van der Waals surface area contributed by atoms with E-state index in [-0.39, 0.29) is 36.5 Å². The van der Waals surface area contributed by atoms with Crippen molar-refractivity contribution < 1.29 is 31.9 Å². The lowest BCUT2D eigenvalue weighted by Crippen LogP contribution is -2.64. The molecule has 3 saturated heterocycles. The van der Waals surface area contributed by atoms with Crippen molar-refractivity contribution in [1.82, 2.24) is 24.7 Å². The summed E-state index contributed by atoms with van der Waals surface area (Å²) in [5, 5.41) is 5.33. The Labute approximate surface area is 197 Å². The molecule has 2 atom stereocenters. The van der Waals surface area contributed by atoms with Gasteiger partial charge in [-0.15, -0.1) is 0 Å². The molecule has 0 saturated carbocycles. The molecular weight excluding hydrogens is 469 g/mol. The van der Waals surface area contributed by atoms with Gasteiger partial charge in [0, 0.05) is 39.3 Å². The third-order valence-electron chi connectivity index (χ3n) is 6.21. The summed E-state index contributed by atoms with van der Waals surface area (Å²) in [5.41, 5.74) is 0. The normalized spacial score (nSPS) is 24.4. The van der Waals surface area contributed by atoms with Gasteiger partial charge in [0.15, 0.2) is 0 Å². The molecule has 0 spiro atoms. The monoisotopic (exact) mass is 497 g/mol. The third-order valence-corrected chi connectivity index (χ3v) is 8.13. The fourth-order valence-electron chi connectivity index (χ4n) is 4.32. The number of sulfonamides is 1. The zero-order valence-corrected chi connectivity index (χ0v) is 19.4. The number of morpholine rings is 1. The van der Waals surface area contributed by atoms with Gasteiger partial charge in [0.25, 0.3) is 0 Å². The van der Waals surface area contributed by atoms with Crippen molar-refractivity contribution in [3.63, 3.8) is 0 Å². The number of rotatable bonds is 4. The number of hydrogen-bond acceptors (Lipinski definition) is 6. The van der Waals surface area contributed by atoms with Crippen LogP contribution in [0.15, 0.2) is 29.2 Å². The second-order valence-corrected chi connectivity index (χ2v) is 10.3. The maximum atomic E-state index is 13.4. The van der Waals surface area contributed by atoms with E-state index in [1.54, 1.807) is 4.90 Å². The number of carbonyl (C=O) groups excluding carboxylic acids is 3. The fraction of sp³-hybridized carbons (Fsp3) is 0.571. The molecule has 1 aromatic rings. The number of hydrogen-bond donors (Lipinski definition) is 2. The lowest BCUT2D eigenvalue weighted by Gasteiger charge is -2.42. The zero-order valence-electron chi connectivity index (χ0n) is 18.6. The van der Waals surface area contributed by atoms with Crippen molar-refractivity contribution in [2.24, 2.45) is 0 Å². The quantitative estimate of drug-likeness (QED) is 0.569. The van der Waals surface area contributed by atoms with Crippen LogP contribution in [0.4, 0.5) is 9.18 Å². The Balaban J connectivity index is 1.58. The molecular formula is C21H28FN5O6S. The number of nitrogens with zero attached hydrogens (tertiary/aromatic N) is 3. The summed E-state index contributed by atoms with van der Waals surface area (Å²) in [6, 6.07) is 2.03. The highest BCUT2D eigenvalue weighted by molar-refractivity contribution is 7.89. The molecule has 11 nitrogen and oxygen atoms in total. The fourth-order valence-corrected chi connectivity index (χ4v) is 5.89. The highest BCUT2D eigenvalue weighted by Gasteiger charge is 2.43. The summed E-state index contributed by atoms with van der Waals surface area (Å²) in [6.07, 6.45) is 1.12. The van der Waals surface area contributed by atoms with E-state index in [4.69, 9.17) is 4.74 Å². The zero-order chi connectivity index (χ0) is 24.3. The van der Waals surface area contributed by atoms with Crippen LogP contribution >= 0.6 is 0 Å². The van der Waals surface area contributed by atoms with Crippen molar-refractivity contribution in [3.8, 4) is 0 Å². The molecule has 1 aromatic carbocycles. The van der Waals surface area contributed by atoms with E-state index in [0.717, 1.165) is 28.6 Å². The Bertz CT molecular complexity index is 1030. The van der Waals surface area contributed by atoms with E-state index in [9.17, 15) is 27.2 Å². The molecule has 186 valence electrons. The Morgan fingerprint density at radius 1 is 1.06 bits per heavy atom. The van der Waals surface area contributed by atoms with Crippen LogP contribution < -0.4 is 10.6 Å². The lowest BCUT2D eigenvalue weighted by atomic mass is 10.1. The molecule has 13 heteroatoms. The molecule has 3 heterocycles. The molecule has 3 fully saturated rings. The molecule has 2 unspecified atom stereocenters. The van der Waals surface area contributed by atoms with Crippen LogP contribution in [-0.2, 0) is 24.3 Å². The van der Waals surface area contributed by atoms with Crippen molar-refractivity contribution in [2.45, 2.75) is 29.8 Å². The Morgan fingerprint density at radius 3 is 2.44 bits per heavy atom. The summed E-state index contributed by atoms with van der Waals surface area (Å²) in [6.45, 7) is 1.95. The first-order valence-corrected chi connectivity index (χ1v) is 12.7. The molecule has 34 heavy (non-hydrogen) atoms. The predicted molar refractivity (Wildman–Crippen MR) is 118 cm³/mol. The van der Waals surface area contributed by atoms with Gasteiger partial charge in [-0.2, -0.15) is 4.31 Å². The molecule has 0 aliphatic carbocycles. The molecule has 3 aliphatic heterocycles. The molecule has 0 radical (unpaired) electrons. The van der Waals surface area contributed by atoms with E-state index in [2.05, 4.69) is 10.6 Å². The van der Waals surface area contributed by atoms with Crippen LogP contribution in [0.2, 0.25) is 0 Å². The number of nitrogens with one attached hydrogen (secondary N) is 2. The molecule has 0 aromatic heterocycles. The Hall–Kier alpha value is -2.77. The first-order valence-electron chi connectivity index (χ1n) is 11.2. The maximum Gasteiger partial charge on any atom is 0.320 e. The molecule has 3 aliphatic rings. The summed E-state index contributed by atoms with van der Waals surface area (Å²) in [7, 11) is -4.17. The van der Waals surface area contributed by atoms with E-state index < -0.39 is 33.8 Å². The van der Waals surface area contributed by atoms with Crippen LogP contribution in [0.3, 0.4) is 0 Å². The van der Waals surface area contributed by atoms with E-state index >= 15 is 0 Å². The maximum absolute atomic E-state index is 13.4. The summed E-state index contributed by atoms with van der Waals surface area (Å²) in [4.78, 5) is 41.3. The first kappa shape index (κ1) is 24.4. The van der Waals surface area contributed by atoms with Gasteiger partial charge in [0.1, 0.15) is 17.9 Å². The van der Waals surface area contributed by atoms with Gasteiger partial charge in [0.2, 0.25) is 21.8 Å². The van der Waals surface area contributed by atoms with Gasteiger partial charge in [0.05, 0.1) is 18.1 Å². The topological polar surface area (TPSA) is 128 Å². The van der Waals surface area contributed by atoms with Crippen molar-refractivity contribution in [3.05, 3.63) is 30.1 Å². The van der Waals surface area contributed by atoms with Crippen LogP contribution in [0.1, 0.15) is 12.8 Å². The van der Waals surface area contributed by atoms with Crippen LogP contribution in [0.5, 0.6) is 0 Å². The van der Waals surface area contributed by atoms with Gasteiger partial charge in [-0.05, 0) is 37.1 Å². The van der Waals surface area contributed by atoms with Gasteiger partial charge in [-0.25, -0.2) is 17.6 Å². The largest absolute Gasteiger partial charge is 0.378 e. The second-order valence-electron chi connectivity index (χ2n) is 8.41. The average Bonchev–Trinajstić information content (AvgIpc) is 2.85. The minimum absolute atomic E-state index is 0.0876. The third kappa shape index (κ3) is 5.15. The van der Waals surface area contributed by atoms with Crippen molar-refractivity contribution in [1.29, 1.82) is 0 Å². The van der Waals surface area contributed by atoms with E-state index in [0.29, 0.717) is 45.7 Å². The van der Waals surface area contributed by atoms with Gasteiger partial charge >= 0.3 is 6.03 Å². The molecule has 4 amide bonds. The number of halogens is 1. The smallest absolute Gasteiger partial charge is 0.320 e. The summed E-state index contributed by atoms with van der Waals surface area (Å²) >= 11 is 0. The number of benzene rings is 1. The second kappa shape index (κ2) is 10.2. The number of piperazine rings is 1. The summed E-state index contributed by atoms with van der Waals surface area (Å²) in [5.74, 6) is -1.57.